The number of aryl methyl sites for hydroxylation is 1. The Morgan fingerprint density at radius 1 is 1.50 bits per heavy atom. The average Bonchev–Trinajstić information content (AvgIpc) is 2.28. The predicted molar refractivity (Wildman–Crippen MR) is 67.7 cm³/mol. The van der Waals surface area contributed by atoms with Gasteiger partial charge in [-0.1, -0.05) is 0 Å². The molecule has 0 aliphatic rings. The van der Waals surface area contributed by atoms with Crippen molar-refractivity contribution in [2.24, 2.45) is 0 Å². The number of hydrogen-bond donors (Lipinski definition) is 0. The van der Waals surface area contributed by atoms with Crippen molar-refractivity contribution >= 4 is 23.3 Å². The zero-order valence-corrected chi connectivity index (χ0v) is 11.0. The van der Waals surface area contributed by atoms with Crippen LogP contribution in [0.3, 0.4) is 0 Å². The summed E-state index contributed by atoms with van der Waals surface area (Å²) >= 11 is 5.81. The van der Waals surface area contributed by atoms with Gasteiger partial charge >= 0.3 is 5.97 Å². The highest BCUT2D eigenvalue weighted by Crippen LogP contribution is 2.24. The molecule has 1 aromatic carbocycles. The molecule has 18 heavy (non-hydrogen) atoms. The van der Waals surface area contributed by atoms with Crippen LogP contribution in [0.1, 0.15) is 23.6 Å². The first kappa shape index (κ1) is 14.4. The molecule has 0 N–H and O–H groups in total. The molecule has 0 spiro atoms. The molecule has 0 unspecified atom stereocenters. The fourth-order valence-electron chi connectivity index (χ4n) is 1.69. The number of carbonyl (C=O) groups is 1. The molecule has 0 aliphatic carbocycles. The highest BCUT2D eigenvalue weighted by molar-refractivity contribution is 6.17. The van der Waals surface area contributed by atoms with E-state index in [0.717, 1.165) is 5.56 Å². The van der Waals surface area contributed by atoms with E-state index in [1.165, 1.54) is 12.1 Å². The lowest BCUT2D eigenvalue weighted by molar-refractivity contribution is -0.385. The van der Waals surface area contributed by atoms with Gasteiger partial charge in [0.05, 0.1) is 18.0 Å². The Labute approximate surface area is 110 Å². The topological polar surface area (TPSA) is 69.4 Å². The van der Waals surface area contributed by atoms with Gasteiger partial charge in [-0.2, -0.15) is 0 Å². The van der Waals surface area contributed by atoms with E-state index in [0.29, 0.717) is 11.1 Å². The number of non-ortho nitro benzene ring substituents is 1. The number of nitro groups is 1. The summed E-state index contributed by atoms with van der Waals surface area (Å²) in [5.41, 5.74) is 1.96. The first-order chi connectivity index (χ1) is 8.49. The average molecular weight is 272 g/mol. The van der Waals surface area contributed by atoms with Crippen LogP contribution in [-0.4, -0.2) is 17.5 Å². The lowest BCUT2D eigenvalue weighted by Gasteiger charge is -2.10. The number of rotatable bonds is 5. The summed E-state index contributed by atoms with van der Waals surface area (Å²) in [6.07, 6.45) is -0.00157. The Bertz CT molecular complexity index is 473. The molecule has 0 radical (unpaired) electrons. The molecule has 1 aromatic rings. The van der Waals surface area contributed by atoms with Crippen LogP contribution in [0, 0.1) is 17.0 Å². The molecule has 0 amide bonds. The number of ether oxygens (including phenoxy) is 1. The molecule has 0 saturated carbocycles. The van der Waals surface area contributed by atoms with E-state index in [1.54, 1.807) is 13.8 Å². The maximum absolute atomic E-state index is 11.4. The summed E-state index contributed by atoms with van der Waals surface area (Å²) in [6.45, 7) is 3.72. The number of esters is 1. The Morgan fingerprint density at radius 3 is 2.67 bits per heavy atom. The van der Waals surface area contributed by atoms with Gasteiger partial charge in [-0.25, -0.2) is 0 Å². The third kappa shape index (κ3) is 3.43. The number of carbonyl (C=O) groups excluding carboxylic acids is 1. The molecule has 0 atom stereocenters. The normalized spacial score (nSPS) is 10.2. The van der Waals surface area contributed by atoms with E-state index < -0.39 is 10.9 Å². The van der Waals surface area contributed by atoms with Crippen LogP contribution in [0.4, 0.5) is 5.69 Å². The minimum atomic E-state index is -0.486. The lowest BCUT2D eigenvalue weighted by Crippen LogP contribution is -2.10. The number of benzene rings is 1. The Hall–Kier alpha value is -1.62. The second-order valence-electron chi connectivity index (χ2n) is 3.77. The maximum atomic E-state index is 11.4. The molecule has 0 fully saturated rings. The molecular weight excluding hydrogens is 258 g/mol. The quantitative estimate of drug-likeness (QED) is 0.357. The molecule has 98 valence electrons. The zero-order valence-electron chi connectivity index (χ0n) is 10.2. The summed E-state index contributed by atoms with van der Waals surface area (Å²) in [5.74, 6) is -0.206. The largest absolute Gasteiger partial charge is 0.466 e. The van der Waals surface area contributed by atoms with Crippen LogP contribution >= 0.6 is 11.6 Å². The fourth-order valence-corrected chi connectivity index (χ4v) is 2.07. The molecule has 0 bridgehead atoms. The van der Waals surface area contributed by atoms with Crippen LogP contribution in [0.25, 0.3) is 0 Å². The summed E-state index contributed by atoms with van der Waals surface area (Å²) in [5, 5.41) is 10.8. The van der Waals surface area contributed by atoms with Gasteiger partial charge in [0.1, 0.15) is 0 Å². The van der Waals surface area contributed by atoms with E-state index in [9.17, 15) is 14.9 Å². The first-order valence-electron chi connectivity index (χ1n) is 5.48. The van der Waals surface area contributed by atoms with Gasteiger partial charge in [0, 0.05) is 18.0 Å². The van der Waals surface area contributed by atoms with Crippen molar-refractivity contribution < 1.29 is 14.5 Å². The van der Waals surface area contributed by atoms with Crippen molar-refractivity contribution in [2.45, 2.75) is 26.1 Å². The van der Waals surface area contributed by atoms with Gasteiger partial charge in [0.15, 0.2) is 0 Å². The van der Waals surface area contributed by atoms with Crippen molar-refractivity contribution in [3.8, 4) is 0 Å². The Morgan fingerprint density at radius 2 is 2.17 bits per heavy atom. The standard InChI is InChI=1S/C12H14ClNO4/c1-3-18-12(15)6-9-5-10(14(16)17)4-8(2)11(9)7-13/h4-5H,3,6-7H2,1-2H3. The van der Waals surface area contributed by atoms with Crippen molar-refractivity contribution in [3.63, 3.8) is 0 Å². The van der Waals surface area contributed by atoms with E-state index in [2.05, 4.69) is 0 Å². The first-order valence-corrected chi connectivity index (χ1v) is 6.01. The van der Waals surface area contributed by atoms with Crippen molar-refractivity contribution in [2.75, 3.05) is 6.61 Å². The van der Waals surface area contributed by atoms with Gasteiger partial charge in [0.2, 0.25) is 0 Å². The third-order valence-corrected chi connectivity index (χ3v) is 2.80. The van der Waals surface area contributed by atoms with E-state index >= 15 is 0 Å². The minimum Gasteiger partial charge on any atom is -0.466 e. The summed E-state index contributed by atoms with van der Waals surface area (Å²) in [4.78, 5) is 21.7. The highest BCUT2D eigenvalue weighted by Gasteiger charge is 2.16. The number of halogens is 1. The SMILES string of the molecule is CCOC(=O)Cc1cc([N+](=O)[O-])cc(C)c1CCl. The van der Waals surface area contributed by atoms with Crippen molar-refractivity contribution in [3.05, 3.63) is 38.9 Å². The van der Waals surface area contributed by atoms with Crippen LogP contribution in [-0.2, 0) is 21.8 Å². The van der Waals surface area contributed by atoms with Crippen molar-refractivity contribution in [1.82, 2.24) is 0 Å². The fraction of sp³-hybridized carbons (Fsp3) is 0.417. The summed E-state index contributed by atoms with van der Waals surface area (Å²) < 4.78 is 4.83. The van der Waals surface area contributed by atoms with Gasteiger partial charge in [-0.15, -0.1) is 11.6 Å². The second kappa shape index (κ2) is 6.35. The van der Waals surface area contributed by atoms with Gasteiger partial charge in [-0.3, -0.25) is 14.9 Å². The van der Waals surface area contributed by atoms with Crippen LogP contribution in [0.15, 0.2) is 12.1 Å². The molecule has 6 heteroatoms. The number of alkyl halides is 1. The van der Waals surface area contributed by atoms with Gasteiger partial charge in [0.25, 0.3) is 5.69 Å². The highest BCUT2D eigenvalue weighted by atomic mass is 35.5. The molecule has 0 heterocycles. The van der Waals surface area contributed by atoms with Gasteiger partial charge < -0.3 is 4.74 Å². The third-order valence-electron chi connectivity index (χ3n) is 2.53. The number of nitrogens with zero attached hydrogens (tertiary/aromatic N) is 1. The summed E-state index contributed by atoms with van der Waals surface area (Å²) in [7, 11) is 0. The molecule has 0 saturated heterocycles. The lowest BCUT2D eigenvalue weighted by atomic mass is 10.00. The van der Waals surface area contributed by atoms with Crippen LogP contribution < -0.4 is 0 Å². The van der Waals surface area contributed by atoms with E-state index in [-0.39, 0.29) is 24.6 Å². The Balaban J connectivity index is 3.14. The number of hydrogen-bond acceptors (Lipinski definition) is 4. The molecule has 0 aromatic heterocycles. The van der Waals surface area contributed by atoms with E-state index in [4.69, 9.17) is 16.3 Å². The minimum absolute atomic E-state index is 0.00157. The van der Waals surface area contributed by atoms with Crippen molar-refractivity contribution in [1.29, 1.82) is 0 Å². The van der Waals surface area contributed by atoms with Crippen LogP contribution in [0.5, 0.6) is 0 Å². The van der Waals surface area contributed by atoms with Crippen LogP contribution in [0.2, 0.25) is 0 Å². The number of nitro benzene ring substituents is 1. The van der Waals surface area contributed by atoms with E-state index in [1.807, 2.05) is 0 Å². The Kier molecular flexibility index (Phi) is 5.09. The molecule has 5 nitrogen and oxygen atoms in total. The van der Waals surface area contributed by atoms with Gasteiger partial charge in [-0.05, 0) is 30.5 Å². The maximum Gasteiger partial charge on any atom is 0.310 e. The zero-order chi connectivity index (χ0) is 13.7. The predicted octanol–water partition coefficient (Wildman–Crippen LogP) is 2.75. The smallest absolute Gasteiger partial charge is 0.310 e. The molecule has 1 rings (SSSR count). The second-order valence-corrected chi connectivity index (χ2v) is 4.04. The summed E-state index contributed by atoms with van der Waals surface area (Å²) in [6, 6.07) is 2.83. The monoisotopic (exact) mass is 271 g/mol. The molecule has 0 aliphatic heterocycles. The molecular formula is C12H14ClNO4.